The maximum atomic E-state index is 12.4. The van der Waals surface area contributed by atoms with Crippen molar-refractivity contribution in [1.82, 2.24) is 4.90 Å². The molecular weight excluding hydrogens is 362 g/mol. The number of amides is 1. The van der Waals surface area contributed by atoms with Crippen LogP contribution in [0.15, 0.2) is 29.7 Å². The lowest BCUT2D eigenvalue weighted by molar-refractivity contribution is -0.132. The van der Waals surface area contributed by atoms with E-state index in [0.29, 0.717) is 32.8 Å². The van der Waals surface area contributed by atoms with Gasteiger partial charge in [0.15, 0.2) is 11.5 Å². The minimum absolute atomic E-state index is 0.183. The molecule has 1 aliphatic heterocycles. The maximum Gasteiger partial charge on any atom is 0.308 e. The van der Waals surface area contributed by atoms with E-state index in [1.807, 2.05) is 0 Å². The minimum atomic E-state index is -0.491. The highest BCUT2D eigenvalue weighted by Gasteiger charge is 2.31. The number of hydrogen-bond donors (Lipinski definition) is 0. The number of benzene rings is 1. The zero-order valence-electron chi connectivity index (χ0n) is 14.0. The largest absolute Gasteiger partial charge is 0.493 e. The number of thiocarbonyl (C=S) groups is 1. The summed E-state index contributed by atoms with van der Waals surface area (Å²) in [6.07, 6.45) is 3.30. The molecule has 132 valence electrons. The Kier molecular flexibility index (Phi) is 6.22. The van der Waals surface area contributed by atoms with Crippen molar-refractivity contribution >= 4 is 46.3 Å². The number of methoxy groups -OCH3 is 2. The molecule has 0 spiro atoms. The fraction of sp³-hybridized carbons (Fsp3) is 0.235. The highest BCUT2D eigenvalue weighted by molar-refractivity contribution is 8.26. The van der Waals surface area contributed by atoms with Crippen LogP contribution in [-0.2, 0) is 9.59 Å². The van der Waals surface area contributed by atoms with E-state index in [9.17, 15) is 9.59 Å². The lowest BCUT2D eigenvalue weighted by Crippen LogP contribution is -2.27. The predicted octanol–water partition coefficient (Wildman–Crippen LogP) is 3.02. The monoisotopic (exact) mass is 379 g/mol. The molecule has 1 aliphatic rings. The number of esters is 1. The van der Waals surface area contributed by atoms with E-state index in [1.54, 1.807) is 24.3 Å². The van der Waals surface area contributed by atoms with Crippen molar-refractivity contribution in [2.75, 3.05) is 20.8 Å². The fourth-order valence-corrected chi connectivity index (χ4v) is 3.44. The molecule has 0 unspecified atom stereocenters. The molecule has 6 nitrogen and oxygen atoms in total. The van der Waals surface area contributed by atoms with E-state index < -0.39 is 5.97 Å². The standard InChI is InChI=1S/C17H17NO5S2/c1-5-6-18-16(20)14(25-17(18)24)9-11-7-12(21-3)15(23-10(2)19)13(8-11)22-4/h5,7-9H,1,6H2,2-4H3/b14-9+. The van der Waals surface area contributed by atoms with Gasteiger partial charge in [0.25, 0.3) is 5.91 Å². The molecule has 1 saturated heterocycles. The van der Waals surface area contributed by atoms with Crippen LogP contribution in [0.3, 0.4) is 0 Å². The minimum Gasteiger partial charge on any atom is -0.493 e. The smallest absolute Gasteiger partial charge is 0.308 e. The lowest BCUT2D eigenvalue weighted by Gasteiger charge is -2.13. The first kappa shape index (κ1) is 19.0. The summed E-state index contributed by atoms with van der Waals surface area (Å²) < 4.78 is 16.2. The van der Waals surface area contributed by atoms with E-state index in [1.165, 1.54) is 37.8 Å². The Bertz CT molecular complexity index is 747. The molecule has 1 aromatic rings. The predicted molar refractivity (Wildman–Crippen MR) is 101 cm³/mol. The normalized spacial score (nSPS) is 15.5. The van der Waals surface area contributed by atoms with Crippen LogP contribution in [0.5, 0.6) is 17.2 Å². The van der Waals surface area contributed by atoms with E-state index in [-0.39, 0.29) is 11.7 Å². The van der Waals surface area contributed by atoms with Crippen LogP contribution in [0.4, 0.5) is 0 Å². The van der Waals surface area contributed by atoms with Gasteiger partial charge >= 0.3 is 5.97 Å². The van der Waals surface area contributed by atoms with Gasteiger partial charge in [0.1, 0.15) is 4.32 Å². The Morgan fingerprint density at radius 3 is 2.40 bits per heavy atom. The van der Waals surface area contributed by atoms with E-state index in [2.05, 4.69) is 6.58 Å². The molecule has 0 radical (unpaired) electrons. The zero-order valence-corrected chi connectivity index (χ0v) is 15.7. The third-order valence-corrected chi connectivity index (χ3v) is 4.59. The first-order valence-electron chi connectivity index (χ1n) is 7.22. The van der Waals surface area contributed by atoms with E-state index in [4.69, 9.17) is 26.4 Å². The third-order valence-electron chi connectivity index (χ3n) is 3.21. The van der Waals surface area contributed by atoms with Crippen LogP contribution in [-0.4, -0.2) is 41.9 Å². The molecule has 0 aromatic heterocycles. The van der Waals surface area contributed by atoms with Crippen molar-refractivity contribution in [2.45, 2.75) is 6.92 Å². The number of nitrogens with zero attached hydrogens (tertiary/aromatic N) is 1. The molecule has 0 N–H and O–H groups in total. The van der Waals surface area contributed by atoms with Gasteiger partial charge in [-0.1, -0.05) is 30.1 Å². The zero-order chi connectivity index (χ0) is 18.6. The average Bonchev–Trinajstić information content (AvgIpc) is 2.83. The van der Waals surface area contributed by atoms with Crippen molar-refractivity contribution in [3.63, 3.8) is 0 Å². The molecular formula is C17H17NO5S2. The molecule has 1 fully saturated rings. The van der Waals surface area contributed by atoms with Crippen LogP contribution < -0.4 is 14.2 Å². The molecule has 2 rings (SSSR count). The maximum absolute atomic E-state index is 12.4. The summed E-state index contributed by atoms with van der Waals surface area (Å²) in [5.74, 6) is 0.158. The second-order valence-corrected chi connectivity index (χ2v) is 6.60. The quantitative estimate of drug-likeness (QED) is 0.247. The Balaban J connectivity index is 2.43. The van der Waals surface area contributed by atoms with Gasteiger partial charge in [0.05, 0.1) is 19.1 Å². The third kappa shape index (κ3) is 4.21. The van der Waals surface area contributed by atoms with E-state index in [0.717, 1.165) is 0 Å². The molecule has 1 aromatic carbocycles. The first-order valence-corrected chi connectivity index (χ1v) is 8.44. The van der Waals surface area contributed by atoms with Gasteiger partial charge < -0.3 is 14.2 Å². The number of hydrogen-bond acceptors (Lipinski definition) is 7. The van der Waals surface area contributed by atoms with Gasteiger partial charge in [-0.05, 0) is 23.8 Å². The number of thioether (sulfide) groups is 1. The summed E-state index contributed by atoms with van der Waals surface area (Å²) >= 11 is 6.43. The summed E-state index contributed by atoms with van der Waals surface area (Å²) in [6.45, 7) is 5.27. The Hall–Kier alpha value is -2.32. The molecule has 1 heterocycles. The summed E-state index contributed by atoms with van der Waals surface area (Å²) in [4.78, 5) is 25.6. The highest BCUT2D eigenvalue weighted by Crippen LogP contribution is 2.40. The number of ether oxygens (including phenoxy) is 3. The van der Waals surface area contributed by atoms with Crippen molar-refractivity contribution in [3.8, 4) is 17.2 Å². The summed E-state index contributed by atoms with van der Waals surface area (Å²) in [5.41, 5.74) is 0.656. The van der Waals surface area contributed by atoms with Gasteiger partial charge in [-0.25, -0.2) is 0 Å². The van der Waals surface area contributed by atoms with Crippen LogP contribution in [0.2, 0.25) is 0 Å². The molecule has 0 bridgehead atoms. The van der Waals surface area contributed by atoms with Gasteiger partial charge in [-0.15, -0.1) is 6.58 Å². The van der Waals surface area contributed by atoms with Crippen molar-refractivity contribution in [2.24, 2.45) is 0 Å². The van der Waals surface area contributed by atoms with Crippen LogP contribution in [0.25, 0.3) is 6.08 Å². The molecule has 0 saturated carbocycles. The number of carbonyl (C=O) groups excluding carboxylic acids is 2. The average molecular weight is 379 g/mol. The second kappa shape index (κ2) is 8.17. The van der Waals surface area contributed by atoms with E-state index >= 15 is 0 Å². The van der Waals surface area contributed by atoms with Crippen LogP contribution in [0.1, 0.15) is 12.5 Å². The Morgan fingerprint density at radius 1 is 1.32 bits per heavy atom. The highest BCUT2D eigenvalue weighted by atomic mass is 32.2. The second-order valence-electron chi connectivity index (χ2n) is 4.93. The SMILES string of the molecule is C=CCN1C(=O)/C(=C\c2cc(OC)c(OC(C)=O)c(OC)c2)SC1=S. The number of rotatable bonds is 6. The van der Waals surface area contributed by atoms with Gasteiger partial charge in [0.2, 0.25) is 5.75 Å². The fourth-order valence-electron chi connectivity index (χ4n) is 2.17. The van der Waals surface area contributed by atoms with Crippen molar-refractivity contribution in [3.05, 3.63) is 35.3 Å². The Morgan fingerprint density at radius 2 is 1.92 bits per heavy atom. The van der Waals surface area contributed by atoms with Gasteiger partial charge in [0, 0.05) is 13.5 Å². The number of carbonyl (C=O) groups is 2. The molecule has 25 heavy (non-hydrogen) atoms. The van der Waals surface area contributed by atoms with Gasteiger partial charge in [-0.2, -0.15) is 0 Å². The Labute approximate surface area is 155 Å². The van der Waals surface area contributed by atoms with Crippen LogP contribution >= 0.6 is 24.0 Å². The van der Waals surface area contributed by atoms with Gasteiger partial charge in [-0.3, -0.25) is 14.5 Å². The van der Waals surface area contributed by atoms with Crippen LogP contribution in [0, 0.1) is 0 Å². The summed E-state index contributed by atoms with van der Waals surface area (Å²) in [7, 11) is 2.91. The van der Waals surface area contributed by atoms with Crippen molar-refractivity contribution < 1.29 is 23.8 Å². The summed E-state index contributed by atoms with van der Waals surface area (Å²) in [5, 5.41) is 0. The molecule has 8 heteroatoms. The molecule has 1 amide bonds. The summed E-state index contributed by atoms with van der Waals surface area (Å²) in [6, 6.07) is 3.31. The molecule has 0 aliphatic carbocycles. The topological polar surface area (TPSA) is 65.1 Å². The van der Waals surface area contributed by atoms with Crippen molar-refractivity contribution in [1.29, 1.82) is 0 Å². The lowest BCUT2D eigenvalue weighted by atomic mass is 10.1. The molecule has 0 atom stereocenters. The first-order chi connectivity index (χ1) is 11.9.